The predicted molar refractivity (Wildman–Crippen MR) is 115 cm³/mol. The lowest BCUT2D eigenvalue weighted by atomic mass is 9.51. The molecule has 0 bridgehead atoms. The Hall–Kier alpha value is -1.46. The van der Waals surface area contributed by atoms with Crippen LogP contribution in [0.2, 0.25) is 0 Å². The van der Waals surface area contributed by atoms with Crippen molar-refractivity contribution in [1.29, 1.82) is 0 Å². The maximum absolute atomic E-state index is 13.2. The van der Waals surface area contributed by atoms with Gasteiger partial charge in [-0.25, -0.2) is 0 Å². The Morgan fingerprint density at radius 3 is 2.87 bits per heavy atom. The molecule has 0 aromatic carbocycles. The van der Waals surface area contributed by atoms with E-state index >= 15 is 0 Å². The molecule has 8 unspecified atom stereocenters. The minimum atomic E-state index is -0.759. The van der Waals surface area contributed by atoms with Gasteiger partial charge in [-0.2, -0.15) is 5.10 Å². The molecular weight excluding hydrogens is 376 g/mol. The second-order valence-electron chi connectivity index (χ2n) is 10.9. The molecule has 1 N–H and O–H groups in total. The average Bonchev–Trinajstić information content (AvgIpc) is 3.33. The first-order chi connectivity index (χ1) is 14.3. The molecule has 30 heavy (non-hydrogen) atoms. The Kier molecular flexibility index (Phi) is 4.98. The van der Waals surface area contributed by atoms with Crippen molar-refractivity contribution < 1.29 is 14.6 Å². The quantitative estimate of drug-likeness (QED) is 0.759. The predicted octanol–water partition coefficient (Wildman–Crippen LogP) is 4.02. The largest absolute Gasteiger partial charge is 0.387 e. The second-order valence-corrected chi connectivity index (χ2v) is 10.9. The van der Waals surface area contributed by atoms with Crippen LogP contribution in [0.1, 0.15) is 58.8 Å². The van der Waals surface area contributed by atoms with Crippen LogP contribution in [-0.4, -0.2) is 39.5 Å². The number of aromatic nitrogens is 2. The fourth-order valence-electron chi connectivity index (χ4n) is 7.95. The molecule has 1 aromatic rings. The van der Waals surface area contributed by atoms with Crippen LogP contribution in [0.5, 0.6) is 0 Å². The topological polar surface area (TPSA) is 64.4 Å². The van der Waals surface area contributed by atoms with E-state index in [1.165, 1.54) is 18.4 Å². The molecule has 0 radical (unpaired) electrons. The third-order valence-corrected chi connectivity index (χ3v) is 9.41. The summed E-state index contributed by atoms with van der Waals surface area (Å²) in [6.45, 7) is 4.73. The summed E-state index contributed by atoms with van der Waals surface area (Å²) in [6, 6.07) is 1.89. The van der Waals surface area contributed by atoms with E-state index in [0.29, 0.717) is 36.0 Å². The Morgan fingerprint density at radius 1 is 1.30 bits per heavy atom. The van der Waals surface area contributed by atoms with Crippen LogP contribution in [0.4, 0.5) is 0 Å². The summed E-state index contributed by atoms with van der Waals surface area (Å²) in [6.07, 6.45) is 13.3. The van der Waals surface area contributed by atoms with Crippen LogP contribution < -0.4 is 0 Å². The summed E-state index contributed by atoms with van der Waals surface area (Å²) in [5.74, 6) is 3.04. The minimum Gasteiger partial charge on any atom is -0.387 e. The van der Waals surface area contributed by atoms with E-state index in [1.807, 2.05) is 19.2 Å². The van der Waals surface area contributed by atoms with Crippen molar-refractivity contribution in [3.05, 3.63) is 30.1 Å². The third-order valence-electron chi connectivity index (χ3n) is 9.41. The van der Waals surface area contributed by atoms with Crippen LogP contribution in [0.25, 0.3) is 0 Å². The van der Waals surface area contributed by atoms with E-state index < -0.39 is 5.60 Å². The molecule has 3 saturated carbocycles. The fourth-order valence-corrected chi connectivity index (χ4v) is 7.95. The Morgan fingerprint density at radius 2 is 2.13 bits per heavy atom. The van der Waals surface area contributed by atoms with Gasteiger partial charge in [0.1, 0.15) is 0 Å². The zero-order valence-corrected chi connectivity index (χ0v) is 18.6. The first-order valence-electron chi connectivity index (χ1n) is 11.8. The van der Waals surface area contributed by atoms with Gasteiger partial charge in [-0.3, -0.25) is 9.48 Å². The van der Waals surface area contributed by atoms with E-state index in [-0.39, 0.29) is 17.4 Å². The molecule has 1 aromatic heterocycles. The van der Waals surface area contributed by atoms with Gasteiger partial charge < -0.3 is 9.84 Å². The van der Waals surface area contributed by atoms with Crippen LogP contribution in [0, 0.1) is 35.0 Å². The molecule has 0 spiro atoms. The van der Waals surface area contributed by atoms with Crippen molar-refractivity contribution in [3.63, 3.8) is 0 Å². The van der Waals surface area contributed by atoms with Crippen LogP contribution in [-0.2, 0) is 16.1 Å². The van der Waals surface area contributed by atoms with Gasteiger partial charge in [-0.15, -0.1) is 0 Å². The van der Waals surface area contributed by atoms with Gasteiger partial charge in [0.25, 0.3) is 0 Å². The highest BCUT2D eigenvalue weighted by Gasteiger charge is 2.58. The molecule has 4 aliphatic carbocycles. The van der Waals surface area contributed by atoms with Gasteiger partial charge in [0.05, 0.1) is 18.2 Å². The molecule has 5 rings (SSSR count). The van der Waals surface area contributed by atoms with Crippen molar-refractivity contribution in [3.8, 4) is 0 Å². The monoisotopic (exact) mass is 412 g/mol. The highest BCUT2D eigenvalue weighted by molar-refractivity contribution is 5.82. The van der Waals surface area contributed by atoms with E-state index in [0.717, 1.165) is 32.1 Å². The molecule has 5 heteroatoms. The number of methoxy groups -OCH3 is 1. The number of aliphatic hydroxyl groups is 1. The summed E-state index contributed by atoms with van der Waals surface area (Å²) >= 11 is 0. The second kappa shape index (κ2) is 7.30. The van der Waals surface area contributed by atoms with Gasteiger partial charge in [0.15, 0.2) is 5.78 Å². The van der Waals surface area contributed by atoms with Crippen molar-refractivity contribution in [1.82, 2.24) is 9.78 Å². The van der Waals surface area contributed by atoms with E-state index in [9.17, 15) is 9.90 Å². The standard InChI is InChI=1S/C25H36N2O3/c1-24-10-9-17-18(6-5-16-14-25(2,29)23(30-3)13-19(16)17)20(24)7-8-21(24)22(28)15-27-12-4-11-26-27/h4-5,11-12,17-21,23,29H,6-10,13-15H2,1-3H3. The van der Waals surface area contributed by atoms with Gasteiger partial charge in [0, 0.05) is 25.4 Å². The summed E-state index contributed by atoms with van der Waals surface area (Å²) in [7, 11) is 1.73. The number of allylic oxidation sites excluding steroid dienone is 1. The fraction of sp³-hybridized carbons (Fsp3) is 0.760. The molecule has 5 nitrogen and oxygen atoms in total. The summed E-state index contributed by atoms with van der Waals surface area (Å²) in [4.78, 5) is 13.2. The number of hydrogen-bond donors (Lipinski definition) is 1. The molecule has 4 aliphatic rings. The summed E-state index contributed by atoms with van der Waals surface area (Å²) < 4.78 is 7.49. The smallest absolute Gasteiger partial charge is 0.157 e. The molecule has 0 saturated heterocycles. The number of nitrogens with zero attached hydrogens (tertiary/aromatic N) is 2. The number of carbonyl (C=O) groups excluding carboxylic acids is 1. The van der Waals surface area contributed by atoms with Crippen molar-refractivity contribution in [2.24, 2.45) is 35.0 Å². The number of ether oxygens (including phenoxy) is 1. The molecule has 8 atom stereocenters. The first kappa shape index (κ1) is 20.4. The maximum atomic E-state index is 13.2. The third kappa shape index (κ3) is 3.12. The number of Topliss-reactive ketones (excluding diaryl/α,β-unsaturated/α-hetero) is 1. The lowest BCUT2D eigenvalue weighted by Crippen LogP contribution is -2.52. The molecule has 0 amide bonds. The van der Waals surface area contributed by atoms with Crippen LogP contribution in [0.3, 0.4) is 0 Å². The summed E-state index contributed by atoms with van der Waals surface area (Å²) in [5.41, 5.74) is 0.824. The lowest BCUT2D eigenvalue weighted by molar-refractivity contribution is -0.132. The van der Waals surface area contributed by atoms with E-state index in [1.54, 1.807) is 18.0 Å². The molecule has 0 aliphatic heterocycles. The zero-order valence-electron chi connectivity index (χ0n) is 18.6. The minimum absolute atomic E-state index is 0.0846. The lowest BCUT2D eigenvalue weighted by Gasteiger charge is -2.55. The van der Waals surface area contributed by atoms with Crippen molar-refractivity contribution >= 4 is 5.78 Å². The first-order valence-corrected chi connectivity index (χ1v) is 11.8. The SMILES string of the molecule is COC1CC2C(=CCC3C2CCC2(C)C(C(=O)Cn4cccn4)CCC32)CC1(C)O. The zero-order chi connectivity index (χ0) is 21.1. The van der Waals surface area contributed by atoms with Gasteiger partial charge >= 0.3 is 0 Å². The van der Waals surface area contributed by atoms with E-state index in [2.05, 4.69) is 18.1 Å². The number of rotatable bonds is 4. The molecular formula is C25H36N2O3. The molecule has 3 fully saturated rings. The maximum Gasteiger partial charge on any atom is 0.157 e. The number of fused-ring (bicyclic) bond motifs is 5. The number of carbonyl (C=O) groups is 1. The van der Waals surface area contributed by atoms with Gasteiger partial charge in [0.2, 0.25) is 0 Å². The average molecular weight is 413 g/mol. The number of hydrogen-bond acceptors (Lipinski definition) is 4. The summed E-state index contributed by atoms with van der Waals surface area (Å²) in [5, 5.41) is 15.1. The van der Waals surface area contributed by atoms with Crippen molar-refractivity contribution in [2.75, 3.05) is 7.11 Å². The van der Waals surface area contributed by atoms with E-state index in [4.69, 9.17) is 4.74 Å². The normalized spacial score (nSPS) is 45.3. The Labute approximate surface area is 179 Å². The van der Waals surface area contributed by atoms with Gasteiger partial charge in [-0.1, -0.05) is 18.6 Å². The highest BCUT2D eigenvalue weighted by Crippen LogP contribution is 2.63. The molecule has 1 heterocycles. The number of ketones is 1. The Bertz CT molecular complexity index is 829. The van der Waals surface area contributed by atoms with Crippen molar-refractivity contribution in [2.45, 2.75) is 77.0 Å². The van der Waals surface area contributed by atoms with Crippen LogP contribution in [0.15, 0.2) is 30.1 Å². The Balaban J connectivity index is 1.36. The van der Waals surface area contributed by atoms with Crippen LogP contribution >= 0.6 is 0 Å². The highest BCUT2D eigenvalue weighted by atomic mass is 16.5. The van der Waals surface area contributed by atoms with Gasteiger partial charge in [-0.05, 0) is 87.0 Å². The molecule has 164 valence electrons.